The van der Waals surface area contributed by atoms with Gasteiger partial charge >= 0.3 is 5.97 Å². The first kappa shape index (κ1) is 18.6. The van der Waals surface area contributed by atoms with Gasteiger partial charge in [-0.1, -0.05) is 6.92 Å². The molecule has 0 aromatic heterocycles. The summed E-state index contributed by atoms with van der Waals surface area (Å²) in [5, 5.41) is 8.47. The van der Waals surface area contributed by atoms with Crippen LogP contribution in [0.1, 0.15) is 19.8 Å². The molecule has 0 radical (unpaired) electrons. The first-order valence-electron chi connectivity index (χ1n) is 6.50. The molecular weight excluding hydrogens is 332 g/mol. The molecule has 10 heteroatoms. The van der Waals surface area contributed by atoms with Gasteiger partial charge in [-0.3, -0.25) is 4.79 Å². The normalized spacial score (nSPS) is 12.2. The van der Waals surface area contributed by atoms with Crippen molar-refractivity contribution in [3.05, 3.63) is 24.3 Å². The van der Waals surface area contributed by atoms with Crippen molar-refractivity contribution in [3.8, 4) is 0 Å². The van der Waals surface area contributed by atoms with E-state index >= 15 is 0 Å². The summed E-state index contributed by atoms with van der Waals surface area (Å²) in [6.45, 7) is 1.87. The fourth-order valence-corrected chi connectivity index (χ4v) is 3.66. The van der Waals surface area contributed by atoms with Crippen molar-refractivity contribution in [3.63, 3.8) is 0 Å². The molecule has 8 nitrogen and oxygen atoms in total. The van der Waals surface area contributed by atoms with Crippen LogP contribution >= 0.6 is 0 Å². The third-order valence-electron chi connectivity index (χ3n) is 2.62. The number of hydrogen-bond donors (Lipinski definition) is 3. The highest BCUT2D eigenvalue weighted by Gasteiger charge is 2.17. The summed E-state index contributed by atoms with van der Waals surface area (Å²) in [5.41, 5.74) is 0. The molecule has 0 bridgehead atoms. The molecule has 0 aliphatic rings. The third kappa shape index (κ3) is 5.37. The molecule has 0 aliphatic carbocycles. The van der Waals surface area contributed by atoms with Crippen LogP contribution in [0.2, 0.25) is 0 Å². The van der Waals surface area contributed by atoms with Crippen molar-refractivity contribution >= 4 is 26.0 Å². The summed E-state index contributed by atoms with van der Waals surface area (Å²) in [6.07, 6.45) is 0.297. The average molecular weight is 350 g/mol. The lowest BCUT2D eigenvalue weighted by Crippen LogP contribution is -2.27. The van der Waals surface area contributed by atoms with Gasteiger partial charge in [0.05, 0.1) is 16.2 Å². The molecule has 1 aromatic rings. The summed E-state index contributed by atoms with van der Waals surface area (Å²) in [7, 11) is -7.52. The summed E-state index contributed by atoms with van der Waals surface area (Å²) in [5.74, 6) is -1.12. The van der Waals surface area contributed by atoms with E-state index in [0.717, 1.165) is 12.1 Å². The van der Waals surface area contributed by atoms with Crippen LogP contribution in [0.15, 0.2) is 34.1 Å². The van der Waals surface area contributed by atoms with E-state index in [1.54, 1.807) is 0 Å². The van der Waals surface area contributed by atoms with Crippen molar-refractivity contribution in [2.24, 2.45) is 0 Å². The molecule has 0 saturated heterocycles. The van der Waals surface area contributed by atoms with Crippen molar-refractivity contribution in [2.75, 3.05) is 13.1 Å². The Balaban J connectivity index is 2.86. The number of sulfonamides is 2. The fraction of sp³-hybridized carbons (Fsp3) is 0.417. The quantitative estimate of drug-likeness (QED) is 0.580. The Labute approximate surface area is 129 Å². The predicted molar refractivity (Wildman–Crippen MR) is 79.4 cm³/mol. The number of nitrogens with one attached hydrogen (secondary N) is 2. The molecule has 0 spiro atoms. The Bertz CT molecular complexity index is 710. The number of carboxylic acid groups (broad SMARTS) is 1. The van der Waals surface area contributed by atoms with Gasteiger partial charge in [-0.25, -0.2) is 26.3 Å². The molecule has 0 fully saturated rings. The van der Waals surface area contributed by atoms with Gasteiger partial charge in [-0.05, 0) is 30.7 Å². The first-order chi connectivity index (χ1) is 10.2. The Morgan fingerprint density at radius 3 is 1.73 bits per heavy atom. The van der Waals surface area contributed by atoms with Gasteiger partial charge in [0, 0.05) is 13.1 Å². The molecule has 22 heavy (non-hydrogen) atoms. The van der Waals surface area contributed by atoms with Crippen LogP contribution in [0.5, 0.6) is 0 Å². The molecular formula is C12H18N2O6S2. The maximum atomic E-state index is 11.9. The van der Waals surface area contributed by atoms with Crippen LogP contribution in [0, 0.1) is 0 Å². The minimum Gasteiger partial charge on any atom is -0.481 e. The summed E-state index contributed by atoms with van der Waals surface area (Å²) in [4.78, 5) is 10.2. The largest absolute Gasteiger partial charge is 0.481 e. The van der Waals surface area contributed by atoms with E-state index in [0.29, 0.717) is 13.0 Å². The molecule has 0 atom stereocenters. The molecule has 0 heterocycles. The topological polar surface area (TPSA) is 130 Å². The highest BCUT2D eigenvalue weighted by Crippen LogP contribution is 2.14. The molecule has 1 rings (SSSR count). The Kier molecular flexibility index (Phi) is 6.48. The van der Waals surface area contributed by atoms with E-state index < -0.39 is 26.0 Å². The van der Waals surface area contributed by atoms with Gasteiger partial charge in [0.15, 0.2) is 0 Å². The molecule has 0 aliphatic heterocycles. The zero-order valence-electron chi connectivity index (χ0n) is 11.9. The Hall–Kier alpha value is -1.49. The summed E-state index contributed by atoms with van der Waals surface area (Å²) < 4.78 is 52.0. The van der Waals surface area contributed by atoms with E-state index in [-0.39, 0.29) is 22.8 Å². The second-order valence-corrected chi connectivity index (χ2v) is 7.94. The van der Waals surface area contributed by atoms with Crippen LogP contribution < -0.4 is 9.44 Å². The highest BCUT2D eigenvalue weighted by molar-refractivity contribution is 7.90. The van der Waals surface area contributed by atoms with Crippen LogP contribution in [0.25, 0.3) is 0 Å². The number of carboxylic acids is 1. The maximum absolute atomic E-state index is 11.9. The van der Waals surface area contributed by atoms with E-state index in [2.05, 4.69) is 9.44 Å². The standard InChI is InChI=1S/C12H18N2O6S2/c1-2-8-13-21(17,18)10-3-5-11(6-4-10)22(19,20)14-9-7-12(15)16/h3-6,13-14H,2,7-9H2,1H3,(H,15,16). The maximum Gasteiger partial charge on any atom is 0.304 e. The Morgan fingerprint density at radius 1 is 0.955 bits per heavy atom. The second kappa shape index (κ2) is 7.68. The van der Waals surface area contributed by atoms with Gasteiger partial charge in [0.2, 0.25) is 20.0 Å². The molecule has 3 N–H and O–H groups in total. The number of carbonyl (C=O) groups is 1. The van der Waals surface area contributed by atoms with Crippen LogP contribution in [0.4, 0.5) is 0 Å². The smallest absolute Gasteiger partial charge is 0.304 e. The van der Waals surface area contributed by atoms with Gasteiger partial charge in [-0.15, -0.1) is 0 Å². The van der Waals surface area contributed by atoms with E-state index in [4.69, 9.17) is 5.11 Å². The highest BCUT2D eigenvalue weighted by atomic mass is 32.2. The monoisotopic (exact) mass is 350 g/mol. The molecule has 124 valence electrons. The Morgan fingerprint density at radius 2 is 1.36 bits per heavy atom. The van der Waals surface area contributed by atoms with Crippen LogP contribution in [-0.2, 0) is 24.8 Å². The van der Waals surface area contributed by atoms with Crippen molar-refractivity contribution in [1.29, 1.82) is 0 Å². The molecule has 0 saturated carbocycles. The first-order valence-corrected chi connectivity index (χ1v) is 9.47. The van der Waals surface area contributed by atoms with Gasteiger partial charge < -0.3 is 5.11 Å². The number of aliphatic carboxylic acids is 1. The van der Waals surface area contributed by atoms with Gasteiger partial charge in [0.25, 0.3) is 0 Å². The third-order valence-corrected chi connectivity index (χ3v) is 5.57. The number of benzene rings is 1. The molecule has 0 unspecified atom stereocenters. The average Bonchev–Trinajstić information content (AvgIpc) is 2.44. The fourth-order valence-electron chi connectivity index (χ4n) is 1.49. The van der Waals surface area contributed by atoms with Gasteiger partial charge in [-0.2, -0.15) is 0 Å². The molecule has 1 aromatic carbocycles. The van der Waals surface area contributed by atoms with E-state index in [9.17, 15) is 21.6 Å². The van der Waals surface area contributed by atoms with Crippen LogP contribution in [-0.4, -0.2) is 41.0 Å². The van der Waals surface area contributed by atoms with Crippen molar-refractivity contribution in [1.82, 2.24) is 9.44 Å². The lowest BCUT2D eigenvalue weighted by Gasteiger charge is -2.08. The minimum absolute atomic E-state index is 0.0366. The zero-order chi connectivity index (χ0) is 16.8. The number of hydrogen-bond acceptors (Lipinski definition) is 5. The van der Waals surface area contributed by atoms with Crippen molar-refractivity contribution in [2.45, 2.75) is 29.6 Å². The van der Waals surface area contributed by atoms with Gasteiger partial charge in [0.1, 0.15) is 0 Å². The zero-order valence-corrected chi connectivity index (χ0v) is 13.6. The minimum atomic E-state index is -3.86. The van der Waals surface area contributed by atoms with Crippen LogP contribution in [0.3, 0.4) is 0 Å². The lowest BCUT2D eigenvalue weighted by molar-refractivity contribution is -0.136. The second-order valence-electron chi connectivity index (χ2n) is 4.41. The molecule has 0 amide bonds. The predicted octanol–water partition coefficient (Wildman–Crippen LogP) is 0.128. The summed E-state index contributed by atoms with van der Waals surface area (Å²) in [6, 6.07) is 4.68. The summed E-state index contributed by atoms with van der Waals surface area (Å²) >= 11 is 0. The van der Waals surface area contributed by atoms with E-state index in [1.165, 1.54) is 12.1 Å². The van der Waals surface area contributed by atoms with Crippen molar-refractivity contribution < 1.29 is 26.7 Å². The number of rotatable bonds is 9. The van der Waals surface area contributed by atoms with E-state index in [1.807, 2.05) is 6.92 Å². The lowest BCUT2D eigenvalue weighted by atomic mass is 10.4. The SMILES string of the molecule is CCCNS(=O)(=O)c1ccc(S(=O)(=O)NCCC(=O)O)cc1.